The summed E-state index contributed by atoms with van der Waals surface area (Å²) in [5.74, 6) is -0.557. The van der Waals surface area contributed by atoms with Crippen molar-refractivity contribution in [2.75, 3.05) is 0 Å². The van der Waals surface area contributed by atoms with E-state index in [2.05, 4.69) is 0 Å². The minimum absolute atomic E-state index is 0.0424. The predicted molar refractivity (Wildman–Crippen MR) is 48.2 cm³/mol. The standard InChI is InChI=1S/C9H17NO3/c10-8(5-9(12)13)6-1-3-7(11)4-2-6/h6-8,11H,1-5,10H2,(H,12,13). The summed E-state index contributed by atoms with van der Waals surface area (Å²) < 4.78 is 0. The molecule has 0 saturated heterocycles. The molecule has 4 nitrogen and oxygen atoms in total. The highest BCUT2D eigenvalue weighted by Crippen LogP contribution is 2.27. The lowest BCUT2D eigenvalue weighted by atomic mass is 9.82. The van der Waals surface area contributed by atoms with Crippen molar-refractivity contribution in [1.29, 1.82) is 0 Å². The Morgan fingerprint density at radius 3 is 2.38 bits per heavy atom. The first kappa shape index (κ1) is 10.5. The van der Waals surface area contributed by atoms with Gasteiger partial charge in [0.05, 0.1) is 12.5 Å². The third-order valence-electron chi connectivity index (χ3n) is 2.76. The molecule has 1 rings (SSSR count). The van der Waals surface area contributed by atoms with E-state index in [9.17, 15) is 9.90 Å². The molecule has 0 aliphatic heterocycles. The van der Waals surface area contributed by atoms with Crippen LogP contribution in [-0.2, 0) is 4.79 Å². The Balaban J connectivity index is 2.31. The summed E-state index contributed by atoms with van der Waals surface area (Å²) >= 11 is 0. The molecule has 0 radical (unpaired) electrons. The molecule has 0 aromatic heterocycles. The number of carboxylic acids is 1. The summed E-state index contributed by atoms with van der Waals surface area (Å²) in [4.78, 5) is 10.4. The van der Waals surface area contributed by atoms with Crippen LogP contribution < -0.4 is 5.73 Å². The first-order valence-electron chi connectivity index (χ1n) is 4.75. The number of rotatable bonds is 3. The van der Waals surface area contributed by atoms with E-state index < -0.39 is 5.97 Å². The van der Waals surface area contributed by atoms with Crippen LogP contribution in [0.3, 0.4) is 0 Å². The van der Waals surface area contributed by atoms with Gasteiger partial charge in [-0.15, -0.1) is 0 Å². The van der Waals surface area contributed by atoms with Crippen molar-refractivity contribution in [2.45, 2.75) is 44.2 Å². The van der Waals surface area contributed by atoms with Crippen LogP contribution in [0.4, 0.5) is 0 Å². The highest BCUT2D eigenvalue weighted by atomic mass is 16.4. The molecule has 76 valence electrons. The van der Waals surface area contributed by atoms with Crippen LogP contribution >= 0.6 is 0 Å². The van der Waals surface area contributed by atoms with E-state index in [1.807, 2.05) is 0 Å². The van der Waals surface area contributed by atoms with Gasteiger partial charge in [0.15, 0.2) is 0 Å². The average molecular weight is 187 g/mol. The third-order valence-corrected chi connectivity index (χ3v) is 2.76. The second-order valence-electron chi connectivity index (χ2n) is 3.83. The molecule has 1 saturated carbocycles. The van der Waals surface area contributed by atoms with Gasteiger partial charge in [0.2, 0.25) is 0 Å². The molecule has 4 N–H and O–H groups in total. The smallest absolute Gasteiger partial charge is 0.304 e. The number of carbonyl (C=O) groups is 1. The topological polar surface area (TPSA) is 83.6 Å². The predicted octanol–water partition coefficient (Wildman–Crippen LogP) is 0.339. The number of aliphatic hydroxyl groups is 1. The van der Waals surface area contributed by atoms with Crippen molar-refractivity contribution in [3.8, 4) is 0 Å². The fraction of sp³-hybridized carbons (Fsp3) is 0.889. The Hall–Kier alpha value is -0.610. The average Bonchev–Trinajstić information content (AvgIpc) is 2.04. The lowest BCUT2D eigenvalue weighted by Crippen LogP contribution is -2.35. The largest absolute Gasteiger partial charge is 0.481 e. The Morgan fingerprint density at radius 1 is 1.38 bits per heavy atom. The second-order valence-corrected chi connectivity index (χ2v) is 3.83. The quantitative estimate of drug-likeness (QED) is 0.595. The molecule has 13 heavy (non-hydrogen) atoms. The van der Waals surface area contributed by atoms with Crippen molar-refractivity contribution in [3.05, 3.63) is 0 Å². The maximum Gasteiger partial charge on any atom is 0.304 e. The van der Waals surface area contributed by atoms with E-state index >= 15 is 0 Å². The van der Waals surface area contributed by atoms with Crippen molar-refractivity contribution in [3.63, 3.8) is 0 Å². The van der Waals surface area contributed by atoms with E-state index in [-0.39, 0.29) is 24.5 Å². The second kappa shape index (κ2) is 4.58. The van der Waals surface area contributed by atoms with Crippen LogP contribution in [0.25, 0.3) is 0 Å². The number of carboxylic acid groups (broad SMARTS) is 1. The highest BCUT2D eigenvalue weighted by molar-refractivity contribution is 5.67. The normalized spacial score (nSPS) is 31.2. The van der Waals surface area contributed by atoms with Crippen molar-refractivity contribution >= 4 is 5.97 Å². The molecule has 0 heterocycles. The van der Waals surface area contributed by atoms with E-state index in [1.54, 1.807) is 0 Å². The Morgan fingerprint density at radius 2 is 1.92 bits per heavy atom. The van der Waals surface area contributed by atoms with Crippen LogP contribution in [0.5, 0.6) is 0 Å². The van der Waals surface area contributed by atoms with Crippen LogP contribution in [0, 0.1) is 5.92 Å². The van der Waals surface area contributed by atoms with Crippen molar-refractivity contribution < 1.29 is 15.0 Å². The molecular formula is C9H17NO3. The van der Waals surface area contributed by atoms with Crippen molar-refractivity contribution in [2.24, 2.45) is 11.7 Å². The maximum absolute atomic E-state index is 10.4. The number of aliphatic hydroxyl groups excluding tert-OH is 1. The van der Waals surface area contributed by atoms with Gasteiger partial charge in [-0.05, 0) is 31.6 Å². The molecule has 0 amide bonds. The molecule has 1 aliphatic carbocycles. The maximum atomic E-state index is 10.4. The summed E-state index contributed by atoms with van der Waals surface area (Å²) in [6.45, 7) is 0. The van der Waals surface area contributed by atoms with E-state index in [4.69, 9.17) is 10.8 Å². The minimum Gasteiger partial charge on any atom is -0.481 e. The zero-order valence-electron chi connectivity index (χ0n) is 7.65. The summed E-state index contributed by atoms with van der Waals surface area (Å²) in [6, 6.07) is -0.245. The number of hydrogen-bond donors (Lipinski definition) is 3. The Bertz CT molecular complexity index is 176. The van der Waals surface area contributed by atoms with Gasteiger partial charge >= 0.3 is 5.97 Å². The molecule has 1 aliphatic rings. The summed E-state index contributed by atoms with van der Waals surface area (Å²) in [6.07, 6.45) is 3.08. The van der Waals surface area contributed by atoms with E-state index in [0.29, 0.717) is 0 Å². The fourth-order valence-electron chi connectivity index (χ4n) is 1.90. The zero-order valence-corrected chi connectivity index (χ0v) is 7.65. The van der Waals surface area contributed by atoms with Crippen LogP contribution in [0.2, 0.25) is 0 Å². The van der Waals surface area contributed by atoms with E-state index in [1.165, 1.54) is 0 Å². The molecule has 1 unspecified atom stereocenters. The lowest BCUT2D eigenvalue weighted by Gasteiger charge is -2.29. The van der Waals surface area contributed by atoms with Gasteiger partial charge in [0, 0.05) is 6.04 Å². The summed E-state index contributed by atoms with van der Waals surface area (Å²) in [7, 11) is 0. The van der Waals surface area contributed by atoms with Crippen LogP contribution in [0.1, 0.15) is 32.1 Å². The van der Waals surface area contributed by atoms with Crippen LogP contribution in [-0.4, -0.2) is 28.3 Å². The molecule has 0 aromatic rings. The SMILES string of the molecule is NC(CC(=O)O)C1CCC(O)CC1. The Kier molecular flexibility index (Phi) is 3.69. The number of nitrogens with two attached hydrogens (primary N) is 1. The summed E-state index contributed by atoms with van der Waals surface area (Å²) in [5, 5.41) is 17.8. The minimum atomic E-state index is -0.835. The fourth-order valence-corrected chi connectivity index (χ4v) is 1.90. The lowest BCUT2D eigenvalue weighted by molar-refractivity contribution is -0.137. The molecular weight excluding hydrogens is 170 g/mol. The molecule has 1 fully saturated rings. The van der Waals surface area contributed by atoms with Gasteiger partial charge in [-0.1, -0.05) is 0 Å². The molecule has 0 spiro atoms. The molecule has 1 atom stereocenters. The van der Waals surface area contributed by atoms with Crippen molar-refractivity contribution in [1.82, 2.24) is 0 Å². The van der Waals surface area contributed by atoms with Crippen LogP contribution in [0.15, 0.2) is 0 Å². The number of hydrogen-bond acceptors (Lipinski definition) is 3. The number of aliphatic carboxylic acids is 1. The third kappa shape index (κ3) is 3.32. The van der Waals surface area contributed by atoms with Gasteiger partial charge in [-0.3, -0.25) is 4.79 Å². The van der Waals surface area contributed by atoms with E-state index in [0.717, 1.165) is 25.7 Å². The molecule has 0 aromatic carbocycles. The van der Waals surface area contributed by atoms with Gasteiger partial charge in [0.1, 0.15) is 0 Å². The monoisotopic (exact) mass is 187 g/mol. The van der Waals surface area contributed by atoms with Gasteiger partial charge in [0.25, 0.3) is 0 Å². The first-order chi connectivity index (χ1) is 6.09. The van der Waals surface area contributed by atoms with Gasteiger partial charge < -0.3 is 15.9 Å². The highest BCUT2D eigenvalue weighted by Gasteiger charge is 2.25. The van der Waals surface area contributed by atoms with Gasteiger partial charge in [-0.2, -0.15) is 0 Å². The molecule has 0 bridgehead atoms. The van der Waals surface area contributed by atoms with Gasteiger partial charge in [-0.25, -0.2) is 0 Å². The Labute approximate surface area is 77.7 Å². The first-order valence-corrected chi connectivity index (χ1v) is 4.75. The summed E-state index contributed by atoms with van der Waals surface area (Å²) in [5.41, 5.74) is 5.73. The molecule has 4 heteroatoms. The zero-order chi connectivity index (χ0) is 9.84.